The Morgan fingerprint density at radius 3 is 2.65 bits per heavy atom. The molecule has 1 saturated carbocycles. The molecule has 2 aromatic rings. The number of hydrogen-bond donors (Lipinski definition) is 1. The van der Waals surface area contributed by atoms with Crippen LogP contribution < -0.4 is 4.90 Å². The minimum Gasteiger partial charge on any atom is -0.508 e. The lowest BCUT2D eigenvalue weighted by Gasteiger charge is -2.52. The van der Waals surface area contributed by atoms with E-state index < -0.39 is 0 Å². The molecule has 4 heteroatoms. The molecule has 3 atom stereocenters. The lowest BCUT2D eigenvalue weighted by molar-refractivity contribution is -0.128. The second kappa shape index (κ2) is 5.57. The van der Waals surface area contributed by atoms with E-state index in [0.29, 0.717) is 17.2 Å². The second-order valence-corrected chi connectivity index (χ2v) is 6.87. The van der Waals surface area contributed by atoms with Crippen LogP contribution in [0, 0.1) is 5.92 Å². The van der Waals surface area contributed by atoms with Crippen LogP contribution >= 0.6 is 11.6 Å². The number of anilines is 1. The molecule has 3 aliphatic rings. The summed E-state index contributed by atoms with van der Waals surface area (Å²) in [6.07, 6.45) is 2.55. The van der Waals surface area contributed by atoms with Crippen LogP contribution in [0.3, 0.4) is 0 Å². The van der Waals surface area contributed by atoms with Gasteiger partial charge < -0.3 is 10.0 Å². The maximum absolute atomic E-state index is 12.5. The fourth-order valence-corrected chi connectivity index (χ4v) is 4.31. The fourth-order valence-electron chi connectivity index (χ4n) is 4.12. The number of Topliss-reactive ketones (excluding diaryl/α,β-unsaturated/α-hetero) is 1. The van der Waals surface area contributed by atoms with Crippen molar-refractivity contribution in [2.75, 3.05) is 4.90 Å². The van der Waals surface area contributed by atoms with Gasteiger partial charge >= 0.3 is 0 Å². The molecule has 0 spiro atoms. The average molecular weight is 328 g/mol. The number of nitrogens with zero attached hydrogens (tertiary/aromatic N) is 1. The van der Waals surface area contributed by atoms with Crippen LogP contribution in [0.15, 0.2) is 48.5 Å². The molecule has 3 fully saturated rings. The number of ketones is 1. The first-order chi connectivity index (χ1) is 11.1. The van der Waals surface area contributed by atoms with Crippen LogP contribution in [0.1, 0.15) is 30.9 Å². The maximum atomic E-state index is 12.5. The number of halogens is 1. The molecule has 2 heterocycles. The summed E-state index contributed by atoms with van der Waals surface area (Å²) in [6, 6.07) is 15.3. The van der Waals surface area contributed by atoms with Gasteiger partial charge in [0.25, 0.3) is 0 Å². The van der Waals surface area contributed by atoms with Gasteiger partial charge in [0, 0.05) is 29.1 Å². The van der Waals surface area contributed by atoms with Crippen molar-refractivity contribution in [2.24, 2.45) is 5.92 Å². The van der Waals surface area contributed by atoms with E-state index >= 15 is 0 Å². The molecule has 3 unspecified atom stereocenters. The minimum atomic E-state index is -0.0273. The van der Waals surface area contributed by atoms with Crippen molar-refractivity contribution in [3.63, 3.8) is 0 Å². The van der Waals surface area contributed by atoms with E-state index in [2.05, 4.69) is 4.90 Å². The Morgan fingerprint density at radius 1 is 1.09 bits per heavy atom. The summed E-state index contributed by atoms with van der Waals surface area (Å²) in [6.45, 7) is 0. The maximum Gasteiger partial charge on any atom is 0.140 e. The predicted molar refractivity (Wildman–Crippen MR) is 90.9 cm³/mol. The summed E-state index contributed by atoms with van der Waals surface area (Å²) in [5.74, 6) is 0.566. The van der Waals surface area contributed by atoms with Crippen molar-refractivity contribution in [1.82, 2.24) is 0 Å². The molecule has 2 saturated heterocycles. The number of fused-ring (bicyclic) bond motifs is 3. The molecule has 2 aromatic carbocycles. The van der Waals surface area contributed by atoms with E-state index in [4.69, 9.17) is 11.6 Å². The highest BCUT2D eigenvalue weighted by Gasteiger charge is 2.47. The number of carbonyl (C=O) groups excluding carboxylic acids is 1. The molecule has 0 radical (unpaired) electrons. The van der Waals surface area contributed by atoms with E-state index in [1.165, 1.54) is 0 Å². The topological polar surface area (TPSA) is 40.5 Å². The SMILES string of the molecule is O=C1CC2CCC1C(c1cccc(O)c1)N2c1cccc(Cl)c1. The van der Waals surface area contributed by atoms with Crippen molar-refractivity contribution in [3.8, 4) is 5.75 Å². The Hall–Kier alpha value is -2.00. The van der Waals surface area contributed by atoms with Crippen molar-refractivity contribution < 1.29 is 9.90 Å². The van der Waals surface area contributed by atoms with Gasteiger partial charge in [0.05, 0.1) is 6.04 Å². The van der Waals surface area contributed by atoms with E-state index in [1.54, 1.807) is 12.1 Å². The highest BCUT2D eigenvalue weighted by atomic mass is 35.5. The van der Waals surface area contributed by atoms with Gasteiger partial charge in [-0.3, -0.25) is 4.79 Å². The van der Waals surface area contributed by atoms with Gasteiger partial charge in [0.2, 0.25) is 0 Å². The Kier molecular flexibility index (Phi) is 3.53. The van der Waals surface area contributed by atoms with E-state index in [1.807, 2.05) is 36.4 Å². The van der Waals surface area contributed by atoms with E-state index in [9.17, 15) is 9.90 Å². The smallest absolute Gasteiger partial charge is 0.140 e. The number of phenols is 1. The molecule has 118 valence electrons. The third-order valence-corrected chi connectivity index (χ3v) is 5.29. The van der Waals surface area contributed by atoms with E-state index in [-0.39, 0.29) is 23.8 Å². The largest absolute Gasteiger partial charge is 0.508 e. The number of carbonyl (C=O) groups is 1. The van der Waals surface area contributed by atoms with Gasteiger partial charge in [-0.1, -0.05) is 29.8 Å². The number of hydrogen-bond acceptors (Lipinski definition) is 3. The predicted octanol–water partition coefficient (Wildman–Crippen LogP) is 4.34. The Labute approximate surface area is 140 Å². The molecule has 1 aliphatic carbocycles. The quantitative estimate of drug-likeness (QED) is 0.891. The first kappa shape index (κ1) is 14.6. The average Bonchev–Trinajstić information content (AvgIpc) is 2.54. The van der Waals surface area contributed by atoms with Crippen LogP contribution in [-0.2, 0) is 4.79 Å². The number of benzene rings is 2. The molecular weight excluding hydrogens is 310 g/mol. The highest BCUT2D eigenvalue weighted by molar-refractivity contribution is 6.30. The third kappa shape index (κ3) is 2.49. The molecule has 0 amide bonds. The second-order valence-electron chi connectivity index (χ2n) is 6.44. The molecule has 0 aromatic heterocycles. The Balaban J connectivity index is 1.83. The molecule has 2 bridgehead atoms. The molecular formula is C19H18ClNO2. The highest BCUT2D eigenvalue weighted by Crippen LogP contribution is 2.48. The first-order valence-corrected chi connectivity index (χ1v) is 8.37. The number of phenolic OH excluding ortho intramolecular Hbond substituents is 1. The van der Waals surface area contributed by atoms with Crippen LogP contribution in [-0.4, -0.2) is 16.9 Å². The normalized spacial score (nSPS) is 26.6. The zero-order chi connectivity index (χ0) is 16.0. The number of piperidine rings is 2. The summed E-state index contributed by atoms with van der Waals surface area (Å²) < 4.78 is 0. The van der Waals surface area contributed by atoms with Crippen molar-refractivity contribution in [2.45, 2.75) is 31.3 Å². The van der Waals surface area contributed by atoms with E-state index in [0.717, 1.165) is 24.1 Å². The Morgan fingerprint density at radius 2 is 1.91 bits per heavy atom. The molecule has 5 rings (SSSR count). The molecule has 1 N–H and O–H groups in total. The Bertz CT molecular complexity index is 761. The molecule has 2 aliphatic heterocycles. The molecule has 23 heavy (non-hydrogen) atoms. The summed E-state index contributed by atoms with van der Waals surface area (Å²) in [4.78, 5) is 14.8. The van der Waals surface area contributed by atoms with Gasteiger partial charge in [-0.2, -0.15) is 0 Å². The monoisotopic (exact) mass is 327 g/mol. The van der Waals surface area contributed by atoms with Gasteiger partial charge in [-0.15, -0.1) is 0 Å². The van der Waals surface area contributed by atoms with Gasteiger partial charge in [-0.25, -0.2) is 0 Å². The lowest BCUT2D eigenvalue weighted by Crippen LogP contribution is -2.54. The van der Waals surface area contributed by atoms with Crippen LogP contribution in [0.2, 0.25) is 5.02 Å². The van der Waals surface area contributed by atoms with Crippen LogP contribution in [0.4, 0.5) is 5.69 Å². The lowest BCUT2D eigenvalue weighted by atomic mass is 9.71. The van der Waals surface area contributed by atoms with Gasteiger partial charge in [0.1, 0.15) is 11.5 Å². The van der Waals surface area contributed by atoms with Gasteiger partial charge in [0.15, 0.2) is 0 Å². The summed E-state index contributed by atoms with van der Waals surface area (Å²) in [7, 11) is 0. The molecule has 3 nitrogen and oxygen atoms in total. The van der Waals surface area contributed by atoms with Crippen molar-refractivity contribution in [3.05, 3.63) is 59.1 Å². The zero-order valence-corrected chi connectivity index (χ0v) is 13.4. The summed E-state index contributed by atoms with van der Waals surface area (Å²) >= 11 is 6.18. The number of aromatic hydroxyl groups is 1. The number of rotatable bonds is 2. The first-order valence-electron chi connectivity index (χ1n) is 7.99. The van der Waals surface area contributed by atoms with Crippen molar-refractivity contribution >= 4 is 23.1 Å². The minimum absolute atomic E-state index is 0.0132. The zero-order valence-electron chi connectivity index (χ0n) is 12.7. The van der Waals surface area contributed by atoms with Crippen LogP contribution in [0.25, 0.3) is 0 Å². The third-order valence-electron chi connectivity index (χ3n) is 5.05. The fraction of sp³-hybridized carbons (Fsp3) is 0.316. The summed E-state index contributed by atoms with van der Waals surface area (Å²) in [5, 5.41) is 10.6. The van der Waals surface area contributed by atoms with Crippen molar-refractivity contribution in [1.29, 1.82) is 0 Å². The summed E-state index contributed by atoms with van der Waals surface area (Å²) in [5.41, 5.74) is 2.04. The van der Waals surface area contributed by atoms with Crippen LogP contribution in [0.5, 0.6) is 5.75 Å². The standard InChI is InChI=1S/C19H18ClNO2/c20-13-4-2-5-14(10-13)21-15-7-8-17(18(23)11-15)19(21)12-3-1-6-16(22)9-12/h1-6,9-10,15,17,19,22H,7-8,11H2. The van der Waals surface area contributed by atoms with Gasteiger partial charge in [-0.05, 0) is 48.7 Å².